The van der Waals surface area contributed by atoms with Gasteiger partial charge in [0.1, 0.15) is 11.4 Å². The quantitative estimate of drug-likeness (QED) is 0.788. The van der Waals surface area contributed by atoms with Gasteiger partial charge in [0.2, 0.25) is 0 Å². The fraction of sp³-hybridized carbons (Fsp3) is 0.455. The van der Waals surface area contributed by atoms with Crippen LogP contribution in [0.2, 0.25) is 0 Å². The number of phenols is 1. The number of nitrogens with zero attached hydrogens (tertiary/aromatic N) is 2. The minimum absolute atomic E-state index is 0.104. The predicted molar refractivity (Wildman–Crippen MR) is 106 cm³/mol. The van der Waals surface area contributed by atoms with E-state index in [1.165, 1.54) is 11.1 Å². The lowest BCUT2D eigenvalue weighted by molar-refractivity contribution is 0.213. The van der Waals surface area contributed by atoms with Crippen LogP contribution in [0.25, 0.3) is 0 Å². The van der Waals surface area contributed by atoms with Gasteiger partial charge >= 0.3 is 0 Å². The molecule has 1 N–H and O–H groups in total. The molecule has 4 heteroatoms. The first-order chi connectivity index (χ1) is 12.3. The van der Waals surface area contributed by atoms with Crippen LogP contribution in [0.3, 0.4) is 0 Å². The molecule has 0 amide bonds. The molecule has 138 valence electrons. The van der Waals surface area contributed by atoms with Gasteiger partial charge in [-0.15, -0.1) is 4.91 Å². The molecule has 1 saturated heterocycles. The summed E-state index contributed by atoms with van der Waals surface area (Å²) < 4.78 is 0. The average molecular weight is 352 g/mol. The summed E-state index contributed by atoms with van der Waals surface area (Å²) in [4.78, 5) is 13.5. The minimum Gasteiger partial charge on any atom is -0.507 e. The van der Waals surface area contributed by atoms with Gasteiger partial charge in [-0.2, -0.15) is 0 Å². The smallest absolute Gasteiger partial charge is 0.121 e. The number of likely N-dealkylation sites (tertiary alicyclic amines) is 1. The zero-order valence-electron chi connectivity index (χ0n) is 16.4. The molecule has 0 aromatic heterocycles. The maximum Gasteiger partial charge on any atom is 0.121 e. The van der Waals surface area contributed by atoms with Gasteiger partial charge in [0.05, 0.1) is 0 Å². The summed E-state index contributed by atoms with van der Waals surface area (Å²) in [6.45, 7) is 9.89. The third kappa shape index (κ3) is 3.03. The number of hydrogen-bond acceptors (Lipinski definition) is 4. The van der Waals surface area contributed by atoms with Crippen LogP contribution >= 0.6 is 0 Å². The first-order valence-corrected chi connectivity index (χ1v) is 9.23. The summed E-state index contributed by atoms with van der Waals surface area (Å²) in [5.74, 6) is 0.379. The van der Waals surface area contributed by atoms with Gasteiger partial charge in [-0.1, -0.05) is 24.3 Å². The molecule has 2 aromatic carbocycles. The normalized spacial score (nSPS) is 17.3. The highest BCUT2D eigenvalue weighted by atomic mass is 16.3. The van der Waals surface area contributed by atoms with E-state index in [-0.39, 0.29) is 5.41 Å². The summed E-state index contributed by atoms with van der Waals surface area (Å²) in [5, 5.41) is 13.4. The van der Waals surface area contributed by atoms with Crippen molar-refractivity contribution in [2.24, 2.45) is 5.18 Å². The maximum atomic E-state index is 11.2. The number of benzene rings is 2. The molecule has 1 aliphatic rings. The highest BCUT2D eigenvalue weighted by Crippen LogP contribution is 2.45. The Labute approximate surface area is 155 Å². The zero-order chi connectivity index (χ0) is 19.1. The fourth-order valence-corrected chi connectivity index (χ4v) is 4.35. The van der Waals surface area contributed by atoms with E-state index in [4.69, 9.17) is 0 Å². The summed E-state index contributed by atoms with van der Waals surface area (Å²) in [5.41, 5.74) is 6.64. The van der Waals surface area contributed by atoms with E-state index in [9.17, 15) is 10.0 Å². The number of phenolic OH excluding ortho intramolecular Hbond substituents is 1. The van der Waals surface area contributed by atoms with E-state index in [0.29, 0.717) is 11.4 Å². The third-order valence-corrected chi connectivity index (χ3v) is 6.02. The number of aryl methyl sites for hydroxylation is 4. The molecule has 0 atom stereocenters. The second-order valence-corrected chi connectivity index (χ2v) is 7.89. The molecule has 4 nitrogen and oxygen atoms in total. The van der Waals surface area contributed by atoms with Crippen molar-refractivity contribution in [1.82, 2.24) is 4.90 Å². The van der Waals surface area contributed by atoms with Gasteiger partial charge in [-0.05, 0) is 99.2 Å². The van der Waals surface area contributed by atoms with E-state index in [1.54, 1.807) is 0 Å². The van der Waals surface area contributed by atoms with Crippen LogP contribution in [0.4, 0.5) is 5.69 Å². The number of piperidine rings is 1. The van der Waals surface area contributed by atoms with E-state index >= 15 is 0 Å². The molecule has 0 bridgehead atoms. The zero-order valence-corrected chi connectivity index (χ0v) is 16.4. The van der Waals surface area contributed by atoms with Gasteiger partial charge in [0.15, 0.2) is 0 Å². The molecule has 3 rings (SSSR count). The molecular formula is C22H28N2O2. The molecule has 1 fully saturated rings. The Hall–Kier alpha value is -2.20. The summed E-state index contributed by atoms with van der Waals surface area (Å²) in [6, 6.07) is 8.52. The molecule has 2 aromatic rings. The Morgan fingerprint density at radius 3 is 1.73 bits per heavy atom. The second-order valence-electron chi connectivity index (χ2n) is 7.89. The number of rotatable bonds is 3. The Bertz CT molecular complexity index is 803. The van der Waals surface area contributed by atoms with Crippen molar-refractivity contribution in [3.8, 4) is 5.75 Å². The van der Waals surface area contributed by atoms with Crippen molar-refractivity contribution in [2.75, 3.05) is 20.1 Å². The van der Waals surface area contributed by atoms with Crippen LogP contribution in [-0.2, 0) is 5.41 Å². The SMILES string of the molecule is Cc1cc(C2(c3cc(C)c(N=O)c(C)c3)CCN(C)CC2)cc(C)c1O. The molecule has 1 heterocycles. The van der Waals surface area contributed by atoms with E-state index < -0.39 is 0 Å². The largest absolute Gasteiger partial charge is 0.507 e. The van der Waals surface area contributed by atoms with Gasteiger partial charge in [0, 0.05) is 5.41 Å². The number of nitroso groups, excluding NO2 is 1. The summed E-state index contributed by atoms with van der Waals surface area (Å²) in [6.07, 6.45) is 2.03. The maximum absolute atomic E-state index is 11.2. The standard InChI is InChI=1S/C22H28N2O2/c1-14-10-18(11-15(2)20(14)23-26)22(6-8-24(5)9-7-22)19-12-16(3)21(25)17(4)13-19/h10-13,25H,6-9H2,1-5H3. The Balaban J connectivity index is 2.22. The summed E-state index contributed by atoms with van der Waals surface area (Å²) >= 11 is 0. The van der Waals surface area contributed by atoms with Crippen molar-refractivity contribution in [2.45, 2.75) is 46.0 Å². The lowest BCUT2D eigenvalue weighted by Gasteiger charge is -2.42. The molecule has 0 unspecified atom stereocenters. The molecule has 0 aliphatic carbocycles. The molecule has 0 saturated carbocycles. The summed E-state index contributed by atoms with van der Waals surface area (Å²) in [7, 11) is 2.16. The van der Waals surface area contributed by atoms with Crippen LogP contribution in [0.5, 0.6) is 5.75 Å². The van der Waals surface area contributed by atoms with E-state index in [0.717, 1.165) is 48.2 Å². The fourth-order valence-electron chi connectivity index (χ4n) is 4.35. The van der Waals surface area contributed by atoms with Crippen molar-refractivity contribution < 1.29 is 5.11 Å². The van der Waals surface area contributed by atoms with Crippen LogP contribution < -0.4 is 0 Å². The predicted octanol–water partition coefficient (Wildman–Crippen LogP) is 5.04. The first-order valence-electron chi connectivity index (χ1n) is 9.23. The Morgan fingerprint density at radius 1 is 0.885 bits per heavy atom. The lowest BCUT2D eigenvalue weighted by Crippen LogP contribution is -2.41. The minimum atomic E-state index is -0.104. The van der Waals surface area contributed by atoms with Gasteiger partial charge in [-0.25, -0.2) is 0 Å². The number of aromatic hydroxyl groups is 1. The molecule has 1 aliphatic heterocycles. The first kappa shape index (κ1) is 18.6. The molecule has 26 heavy (non-hydrogen) atoms. The monoisotopic (exact) mass is 352 g/mol. The number of hydrogen-bond donors (Lipinski definition) is 1. The van der Waals surface area contributed by atoms with Crippen LogP contribution in [-0.4, -0.2) is 30.1 Å². The van der Waals surface area contributed by atoms with E-state index in [1.807, 2.05) is 27.7 Å². The van der Waals surface area contributed by atoms with Gasteiger partial charge in [-0.3, -0.25) is 0 Å². The molecular weight excluding hydrogens is 324 g/mol. The van der Waals surface area contributed by atoms with Crippen LogP contribution in [0, 0.1) is 32.6 Å². The van der Waals surface area contributed by atoms with Crippen molar-refractivity contribution >= 4 is 5.69 Å². The van der Waals surface area contributed by atoms with Gasteiger partial charge < -0.3 is 10.0 Å². The average Bonchev–Trinajstić information content (AvgIpc) is 2.60. The topological polar surface area (TPSA) is 52.9 Å². The highest BCUT2D eigenvalue weighted by Gasteiger charge is 2.38. The Morgan fingerprint density at radius 2 is 1.31 bits per heavy atom. The van der Waals surface area contributed by atoms with Crippen LogP contribution in [0.15, 0.2) is 29.4 Å². The van der Waals surface area contributed by atoms with Crippen molar-refractivity contribution in [3.05, 3.63) is 62.6 Å². The molecule has 0 radical (unpaired) electrons. The highest BCUT2D eigenvalue weighted by molar-refractivity contribution is 5.57. The second kappa shape index (κ2) is 6.84. The lowest BCUT2D eigenvalue weighted by atomic mass is 9.67. The molecule has 0 spiro atoms. The Kier molecular flexibility index (Phi) is 4.89. The third-order valence-electron chi connectivity index (χ3n) is 6.02. The van der Waals surface area contributed by atoms with E-state index in [2.05, 4.69) is 41.4 Å². The van der Waals surface area contributed by atoms with Crippen LogP contribution in [0.1, 0.15) is 46.2 Å². The van der Waals surface area contributed by atoms with Gasteiger partial charge in [0.25, 0.3) is 0 Å². The van der Waals surface area contributed by atoms with Crippen molar-refractivity contribution in [3.63, 3.8) is 0 Å². The van der Waals surface area contributed by atoms with Crippen molar-refractivity contribution in [1.29, 1.82) is 0 Å².